The number of benzene rings is 1. The van der Waals surface area contributed by atoms with Crippen molar-refractivity contribution in [2.75, 3.05) is 44.6 Å². The summed E-state index contributed by atoms with van der Waals surface area (Å²) in [6.45, 7) is 2.96. The van der Waals surface area contributed by atoms with Crippen molar-refractivity contribution in [3.63, 3.8) is 0 Å². The lowest BCUT2D eigenvalue weighted by atomic mass is 9.91. The van der Waals surface area contributed by atoms with E-state index in [4.69, 9.17) is 16.3 Å². The maximum Gasteiger partial charge on any atom is 0.433 e. The second-order valence-corrected chi connectivity index (χ2v) is 11.4. The molecule has 46 heavy (non-hydrogen) atoms. The van der Waals surface area contributed by atoms with Gasteiger partial charge in [0.15, 0.2) is 17.6 Å². The molecule has 2 amide bonds. The zero-order chi connectivity index (χ0) is 32.4. The van der Waals surface area contributed by atoms with Crippen LogP contribution in [0.25, 0.3) is 16.9 Å². The van der Waals surface area contributed by atoms with Crippen LogP contribution in [0.4, 0.5) is 24.7 Å². The molecule has 1 unspecified atom stereocenters. The highest BCUT2D eigenvalue weighted by Crippen LogP contribution is 2.36. The normalized spacial score (nSPS) is 16.8. The zero-order valence-corrected chi connectivity index (χ0v) is 25.0. The van der Waals surface area contributed by atoms with Gasteiger partial charge in [0.25, 0.3) is 18.3 Å². The van der Waals surface area contributed by atoms with E-state index in [0.717, 1.165) is 32.1 Å². The number of carbonyl (C=O) groups is 3. The molecule has 2 aliphatic rings. The molecule has 2 aliphatic heterocycles. The average Bonchev–Trinajstić information content (AvgIpc) is 3.72. The molecule has 3 aromatic heterocycles. The number of aromatic nitrogens is 5. The number of piperazine rings is 1. The van der Waals surface area contributed by atoms with Crippen LogP contribution < -0.4 is 10.6 Å². The minimum absolute atomic E-state index is 0.0547. The first-order chi connectivity index (χ1) is 22.2. The number of piperidine rings is 1. The Balaban J connectivity index is 1.12. The number of ether oxygens (including phenoxy) is 1. The molecule has 6 rings (SSSR count). The van der Waals surface area contributed by atoms with Crippen molar-refractivity contribution in [3.8, 4) is 11.3 Å². The van der Waals surface area contributed by atoms with E-state index in [9.17, 15) is 27.6 Å². The highest BCUT2D eigenvalue weighted by atomic mass is 35.5. The summed E-state index contributed by atoms with van der Waals surface area (Å²) in [7, 11) is 0. The summed E-state index contributed by atoms with van der Waals surface area (Å²) in [6, 6.07) is 4.74. The molecule has 1 atom stereocenters. The lowest BCUT2D eigenvalue weighted by molar-refractivity contribution is -0.157. The minimum Gasteiger partial charge on any atom is -0.454 e. The van der Waals surface area contributed by atoms with Gasteiger partial charge in [0.1, 0.15) is 5.69 Å². The van der Waals surface area contributed by atoms with E-state index < -0.39 is 18.0 Å². The summed E-state index contributed by atoms with van der Waals surface area (Å²) in [5.41, 5.74) is 0.00766. The van der Waals surface area contributed by atoms with Gasteiger partial charge < -0.3 is 25.2 Å². The molecule has 0 saturated carbocycles. The van der Waals surface area contributed by atoms with Crippen LogP contribution in [0.3, 0.4) is 0 Å². The molecular formula is C29H29ClF3N9O4. The number of rotatable bonds is 8. The molecule has 3 N–H and O–H groups in total. The lowest BCUT2D eigenvalue weighted by Gasteiger charge is -2.38. The van der Waals surface area contributed by atoms with Crippen LogP contribution in [-0.4, -0.2) is 98.0 Å². The lowest BCUT2D eigenvalue weighted by Crippen LogP contribution is -2.55. The van der Waals surface area contributed by atoms with E-state index in [0.29, 0.717) is 12.2 Å². The fourth-order valence-corrected chi connectivity index (χ4v) is 6.13. The van der Waals surface area contributed by atoms with E-state index in [-0.39, 0.29) is 77.2 Å². The minimum atomic E-state index is -4.63. The summed E-state index contributed by atoms with van der Waals surface area (Å²) in [5, 5.41) is 12.0. The van der Waals surface area contributed by atoms with Crippen molar-refractivity contribution in [2.24, 2.45) is 5.92 Å². The molecular weight excluding hydrogens is 631 g/mol. The maximum absolute atomic E-state index is 13.5. The largest absolute Gasteiger partial charge is 0.454 e. The van der Waals surface area contributed by atoms with Crippen LogP contribution in [0, 0.1) is 5.92 Å². The number of imidazole rings is 1. The molecule has 1 aromatic carbocycles. The van der Waals surface area contributed by atoms with Crippen LogP contribution in [0.15, 0.2) is 43.0 Å². The van der Waals surface area contributed by atoms with Gasteiger partial charge in [0.05, 0.1) is 34.2 Å². The maximum atomic E-state index is 13.5. The Morgan fingerprint density at radius 1 is 1.09 bits per heavy atom. The third kappa shape index (κ3) is 6.22. The number of hydrogen-bond donors (Lipinski definition) is 3. The van der Waals surface area contributed by atoms with Crippen molar-refractivity contribution >= 4 is 47.0 Å². The Morgan fingerprint density at radius 2 is 1.83 bits per heavy atom. The van der Waals surface area contributed by atoms with Gasteiger partial charge in [-0.05, 0) is 44.1 Å². The topological polar surface area (TPSA) is 150 Å². The van der Waals surface area contributed by atoms with Gasteiger partial charge in [-0.2, -0.15) is 18.3 Å². The third-order valence-corrected chi connectivity index (χ3v) is 8.54. The second-order valence-electron chi connectivity index (χ2n) is 10.9. The number of aromatic amines is 1. The van der Waals surface area contributed by atoms with Crippen molar-refractivity contribution in [1.82, 2.24) is 39.7 Å². The fourth-order valence-electron chi connectivity index (χ4n) is 5.86. The van der Waals surface area contributed by atoms with E-state index in [1.54, 1.807) is 28.0 Å². The number of amides is 2. The number of alkyl halides is 3. The standard InChI is InChI=1S/C29H29ClF3N9O4/c30-21-13-18(38-25-26-36-15-22(42(26)8-7-35-25)20-14-37-39-24(20)29(31,32)33)1-2-19(21)27(44)40-9-11-41(12-10-40)28(45)23(46-16-43)17-3-5-34-6-4-17/h1-2,7-8,13-17,23,34H,3-6,9-12H2,(H,35,38)(H,37,39). The van der Waals surface area contributed by atoms with Crippen LogP contribution in [-0.2, 0) is 20.5 Å². The molecule has 2 saturated heterocycles. The Labute approximate surface area is 265 Å². The molecule has 0 bridgehead atoms. The quantitative estimate of drug-likeness (QED) is 0.242. The van der Waals surface area contributed by atoms with Crippen molar-refractivity contribution in [1.29, 1.82) is 0 Å². The number of hydrogen-bond acceptors (Lipinski definition) is 9. The summed E-state index contributed by atoms with van der Waals surface area (Å²) >= 11 is 6.54. The number of anilines is 2. The van der Waals surface area contributed by atoms with E-state index in [1.807, 2.05) is 5.10 Å². The SMILES string of the molecule is O=COC(C(=O)N1CCN(C(=O)c2ccc(Nc3nccn4c(-c5cn[nH]c5C(F)(F)F)cnc34)cc2Cl)CC1)C1CCNCC1. The van der Waals surface area contributed by atoms with Crippen molar-refractivity contribution in [3.05, 3.63) is 59.3 Å². The van der Waals surface area contributed by atoms with E-state index in [2.05, 4.69) is 25.7 Å². The smallest absolute Gasteiger partial charge is 0.433 e. The van der Waals surface area contributed by atoms with Crippen LogP contribution in [0.1, 0.15) is 28.9 Å². The monoisotopic (exact) mass is 659 g/mol. The predicted molar refractivity (Wildman–Crippen MR) is 159 cm³/mol. The fraction of sp³-hybridized carbons (Fsp3) is 0.379. The first-order valence-corrected chi connectivity index (χ1v) is 14.9. The number of H-pyrrole nitrogens is 1. The van der Waals surface area contributed by atoms with Crippen molar-refractivity contribution in [2.45, 2.75) is 25.1 Å². The Hall–Kier alpha value is -4.70. The molecule has 0 aliphatic carbocycles. The summed E-state index contributed by atoms with van der Waals surface area (Å²) in [5.74, 6) is -0.358. The molecule has 0 radical (unpaired) electrons. The van der Waals surface area contributed by atoms with E-state index in [1.165, 1.54) is 23.0 Å². The molecule has 13 nitrogen and oxygen atoms in total. The first-order valence-electron chi connectivity index (χ1n) is 14.5. The van der Waals surface area contributed by atoms with Gasteiger partial charge in [-0.3, -0.25) is 23.9 Å². The number of nitrogens with one attached hydrogen (secondary N) is 3. The zero-order valence-electron chi connectivity index (χ0n) is 24.3. The van der Waals surface area contributed by atoms with E-state index >= 15 is 0 Å². The third-order valence-electron chi connectivity index (χ3n) is 8.23. The summed E-state index contributed by atoms with van der Waals surface area (Å²) in [4.78, 5) is 49.5. The predicted octanol–water partition coefficient (Wildman–Crippen LogP) is 3.36. The van der Waals surface area contributed by atoms with Gasteiger partial charge in [0, 0.05) is 50.2 Å². The van der Waals surface area contributed by atoms with Gasteiger partial charge in [0.2, 0.25) is 0 Å². The average molecular weight is 660 g/mol. The van der Waals surface area contributed by atoms with Crippen LogP contribution in [0.2, 0.25) is 5.02 Å². The highest BCUT2D eigenvalue weighted by molar-refractivity contribution is 6.34. The molecule has 5 heterocycles. The molecule has 17 heteroatoms. The Kier molecular flexibility index (Phi) is 8.82. The Bertz CT molecular complexity index is 1750. The number of fused-ring (bicyclic) bond motifs is 1. The molecule has 0 spiro atoms. The van der Waals surface area contributed by atoms with Gasteiger partial charge in [-0.25, -0.2) is 9.97 Å². The highest BCUT2D eigenvalue weighted by Gasteiger charge is 2.37. The summed E-state index contributed by atoms with van der Waals surface area (Å²) < 4.78 is 47.0. The molecule has 4 aromatic rings. The first kappa shape index (κ1) is 31.3. The number of halogens is 4. The van der Waals surface area contributed by atoms with Gasteiger partial charge in [-0.1, -0.05) is 11.6 Å². The molecule has 242 valence electrons. The second kappa shape index (κ2) is 13.0. The Morgan fingerprint density at radius 3 is 2.52 bits per heavy atom. The molecule has 2 fully saturated rings. The van der Waals surface area contributed by atoms with Gasteiger partial charge >= 0.3 is 6.18 Å². The van der Waals surface area contributed by atoms with Gasteiger partial charge in [-0.15, -0.1) is 0 Å². The van der Waals surface area contributed by atoms with Crippen LogP contribution in [0.5, 0.6) is 0 Å². The number of carbonyl (C=O) groups excluding carboxylic acids is 3. The van der Waals surface area contributed by atoms with Crippen molar-refractivity contribution < 1.29 is 32.3 Å². The summed E-state index contributed by atoms with van der Waals surface area (Å²) in [6.07, 6.45) is 1.27. The van der Waals surface area contributed by atoms with Crippen LogP contribution >= 0.6 is 11.6 Å². The number of nitrogens with zero attached hydrogens (tertiary/aromatic N) is 6.